The predicted molar refractivity (Wildman–Crippen MR) is 97.9 cm³/mol. The van der Waals surface area contributed by atoms with Crippen LogP contribution in [-0.4, -0.2) is 36.6 Å². The molecule has 0 amide bonds. The first-order valence-corrected chi connectivity index (χ1v) is 8.02. The van der Waals surface area contributed by atoms with Crippen molar-refractivity contribution in [1.29, 1.82) is 0 Å². The van der Waals surface area contributed by atoms with Gasteiger partial charge in [-0.3, -0.25) is 0 Å². The van der Waals surface area contributed by atoms with E-state index in [0.29, 0.717) is 16.7 Å². The number of benzene rings is 2. The van der Waals surface area contributed by atoms with Gasteiger partial charge in [-0.25, -0.2) is 5.43 Å². The Bertz CT molecular complexity index is 1120. The highest BCUT2D eigenvalue weighted by Gasteiger charge is 2.09. The van der Waals surface area contributed by atoms with Crippen molar-refractivity contribution >= 4 is 50.2 Å². The number of aromatic nitrogens is 4. The van der Waals surface area contributed by atoms with Crippen LogP contribution >= 0.6 is 15.9 Å². The number of aromatic hydroxyl groups is 2. The number of aromatic amines is 1. The molecule has 0 unspecified atom stereocenters. The molecule has 0 atom stereocenters. The number of H-pyrrole nitrogens is 1. The molecule has 0 aliphatic carbocycles. The molecule has 4 rings (SSSR count). The Morgan fingerprint density at radius 1 is 1.12 bits per heavy atom. The van der Waals surface area contributed by atoms with Gasteiger partial charge in [0.2, 0.25) is 0 Å². The Balaban J connectivity index is 1.61. The van der Waals surface area contributed by atoms with Crippen molar-refractivity contribution in [2.75, 3.05) is 5.43 Å². The molecule has 0 saturated heterocycles. The predicted octanol–water partition coefficient (Wildman–Crippen LogP) is 3.13. The average Bonchev–Trinajstić information content (AvgIpc) is 2.94. The van der Waals surface area contributed by atoms with Crippen molar-refractivity contribution in [3.8, 4) is 11.5 Å². The van der Waals surface area contributed by atoms with Crippen molar-refractivity contribution in [1.82, 2.24) is 20.2 Å². The molecular formula is C16H11BrN6O2. The number of fused-ring (bicyclic) bond motifs is 3. The maximum Gasteiger partial charge on any atom is 0.265 e. The molecule has 0 fully saturated rings. The third kappa shape index (κ3) is 2.96. The second-order valence-corrected chi connectivity index (χ2v) is 6.18. The normalized spacial score (nSPS) is 11.6. The van der Waals surface area contributed by atoms with Gasteiger partial charge in [-0.2, -0.15) is 10.1 Å². The summed E-state index contributed by atoms with van der Waals surface area (Å²) in [6, 6.07) is 10.0. The van der Waals surface area contributed by atoms with E-state index < -0.39 is 0 Å². The summed E-state index contributed by atoms with van der Waals surface area (Å²) in [5.74, 6) is 0.111. The Labute approximate surface area is 149 Å². The lowest BCUT2D eigenvalue weighted by Crippen LogP contribution is -1.99. The number of rotatable bonds is 3. The van der Waals surface area contributed by atoms with Crippen molar-refractivity contribution in [2.24, 2.45) is 5.10 Å². The summed E-state index contributed by atoms with van der Waals surface area (Å²) >= 11 is 3.43. The molecule has 2 aromatic heterocycles. The van der Waals surface area contributed by atoms with Crippen LogP contribution in [0.5, 0.6) is 11.5 Å². The summed E-state index contributed by atoms with van der Waals surface area (Å²) < 4.78 is 0.947. The zero-order valence-electron chi connectivity index (χ0n) is 12.6. The van der Waals surface area contributed by atoms with Gasteiger partial charge in [0, 0.05) is 27.0 Å². The van der Waals surface area contributed by atoms with E-state index in [0.717, 1.165) is 15.4 Å². The first-order valence-electron chi connectivity index (χ1n) is 7.23. The number of phenolic OH excluding ortho intramolecular Hbond substituents is 2. The lowest BCUT2D eigenvalue weighted by molar-refractivity contribution is 0.450. The summed E-state index contributed by atoms with van der Waals surface area (Å²) in [6.07, 6.45) is 1.39. The van der Waals surface area contributed by atoms with Gasteiger partial charge < -0.3 is 15.2 Å². The van der Waals surface area contributed by atoms with Gasteiger partial charge in [-0.05, 0) is 30.3 Å². The third-order valence-corrected chi connectivity index (χ3v) is 4.05. The minimum Gasteiger partial charge on any atom is -0.508 e. The Hall–Kier alpha value is -3.20. The molecule has 0 aliphatic heterocycles. The number of hydrogen-bond donors (Lipinski definition) is 4. The van der Waals surface area contributed by atoms with Gasteiger partial charge in [0.15, 0.2) is 5.65 Å². The first kappa shape index (κ1) is 15.3. The van der Waals surface area contributed by atoms with E-state index in [4.69, 9.17) is 0 Å². The van der Waals surface area contributed by atoms with Gasteiger partial charge in [0.05, 0.1) is 6.21 Å². The molecule has 4 N–H and O–H groups in total. The van der Waals surface area contributed by atoms with Crippen LogP contribution in [0.1, 0.15) is 5.56 Å². The Morgan fingerprint density at radius 3 is 2.84 bits per heavy atom. The highest BCUT2D eigenvalue weighted by atomic mass is 79.9. The van der Waals surface area contributed by atoms with Crippen molar-refractivity contribution in [3.63, 3.8) is 0 Å². The smallest absolute Gasteiger partial charge is 0.265 e. The molecule has 4 aromatic rings. The van der Waals surface area contributed by atoms with E-state index >= 15 is 0 Å². The summed E-state index contributed by atoms with van der Waals surface area (Å²) in [5, 5.41) is 32.0. The number of nitrogens with zero attached hydrogens (tertiary/aromatic N) is 4. The largest absolute Gasteiger partial charge is 0.508 e. The monoisotopic (exact) mass is 398 g/mol. The third-order valence-electron chi connectivity index (χ3n) is 3.56. The fraction of sp³-hybridized carbons (Fsp3) is 0. The molecule has 0 bridgehead atoms. The van der Waals surface area contributed by atoms with Crippen LogP contribution in [0.2, 0.25) is 0 Å². The number of hydrazone groups is 1. The zero-order valence-corrected chi connectivity index (χ0v) is 14.2. The zero-order chi connectivity index (χ0) is 17.4. The van der Waals surface area contributed by atoms with E-state index in [9.17, 15) is 10.2 Å². The summed E-state index contributed by atoms with van der Waals surface area (Å²) in [6.45, 7) is 0. The van der Waals surface area contributed by atoms with Crippen LogP contribution < -0.4 is 5.43 Å². The molecule has 0 aliphatic rings. The van der Waals surface area contributed by atoms with Crippen LogP contribution in [-0.2, 0) is 0 Å². The van der Waals surface area contributed by atoms with Crippen molar-refractivity contribution in [3.05, 3.63) is 46.4 Å². The van der Waals surface area contributed by atoms with E-state index in [1.807, 2.05) is 18.2 Å². The average molecular weight is 399 g/mol. The van der Waals surface area contributed by atoms with E-state index in [2.05, 4.69) is 46.6 Å². The molecule has 2 heterocycles. The maximum absolute atomic E-state index is 9.70. The highest BCUT2D eigenvalue weighted by Crippen LogP contribution is 2.25. The fourth-order valence-corrected chi connectivity index (χ4v) is 2.75. The summed E-state index contributed by atoms with van der Waals surface area (Å²) in [4.78, 5) is 7.51. The van der Waals surface area contributed by atoms with Crippen LogP contribution in [0.3, 0.4) is 0 Å². The van der Waals surface area contributed by atoms with Crippen molar-refractivity contribution in [2.45, 2.75) is 0 Å². The molecule has 25 heavy (non-hydrogen) atoms. The molecule has 124 valence electrons. The van der Waals surface area contributed by atoms with Gasteiger partial charge in [0.25, 0.3) is 5.95 Å². The molecule has 2 aromatic carbocycles. The van der Waals surface area contributed by atoms with Gasteiger partial charge in [-0.15, -0.1) is 10.2 Å². The highest BCUT2D eigenvalue weighted by molar-refractivity contribution is 9.10. The maximum atomic E-state index is 9.70. The molecule has 9 heteroatoms. The fourth-order valence-electron chi connectivity index (χ4n) is 2.39. The minimum absolute atomic E-state index is 0.0222. The Kier molecular flexibility index (Phi) is 3.69. The minimum atomic E-state index is -0.0822. The van der Waals surface area contributed by atoms with E-state index in [-0.39, 0.29) is 17.4 Å². The number of nitrogens with one attached hydrogen (secondary N) is 2. The van der Waals surface area contributed by atoms with Crippen LogP contribution in [0, 0.1) is 0 Å². The number of anilines is 1. The first-order chi connectivity index (χ1) is 12.1. The Morgan fingerprint density at radius 2 is 2.00 bits per heavy atom. The lowest BCUT2D eigenvalue weighted by atomic mass is 10.2. The molecule has 0 radical (unpaired) electrons. The standard InChI is InChI=1S/C16H11BrN6O2/c17-9-2-4-12-11(5-9)14-15(19-12)20-16(23-21-14)22-18-7-8-1-3-10(24)6-13(8)25/h1-7,24-25H,(H2,19,20,22,23)/b18-7-. The van der Waals surface area contributed by atoms with Gasteiger partial charge in [-0.1, -0.05) is 15.9 Å². The molecule has 0 saturated carbocycles. The van der Waals surface area contributed by atoms with Crippen LogP contribution in [0.25, 0.3) is 22.1 Å². The van der Waals surface area contributed by atoms with Gasteiger partial charge in [0.1, 0.15) is 17.0 Å². The van der Waals surface area contributed by atoms with Crippen molar-refractivity contribution < 1.29 is 10.2 Å². The second-order valence-electron chi connectivity index (χ2n) is 5.26. The quantitative estimate of drug-likeness (QED) is 0.311. The summed E-state index contributed by atoms with van der Waals surface area (Å²) in [7, 11) is 0. The van der Waals surface area contributed by atoms with E-state index in [1.54, 1.807) is 0 Å². The van der Waals surface area contributed by atoms with E-state index in [1.165, 1.54) is 24.4 Å². The number of hydrogen-bond acceptors (Lipinski definition) is 7. The second kappa shape index (κ2) is 6.02. The van der Waals surface area contributed by atoms with Crippen LogP contribution in [0.15, 0.2) is 46.0 Å². The summed E-state index contributed by atoms with van der Waals surface area (Å²) in [5.41, 5.74) is 5.28. The topological polar surface area (TPSA) is 119 Å². The number of phenols is 2. The number of halogens is 1. The SMILES string of the molecule is Oc1ccc(/C=N\Nc2nnc3c(n2)[nH]c2ccc(Br)cc23)c(O)c1. The van der Waals surface area contributed by atoms with Crippen LogP contribution in [0.4, 0.5) is 5.95 Å². The molecule has 8 nitrogen and oxygen atoms in total. The lowest BCUT2D eigenvalue weighted by Gasteiger charge is -2.00. The van der Waals surface area contributed by atoms with Gasteiger partial charge >= 0.3 is 0 Å². The molecule has 0 spiro atoms. The molecular weight excluding hydrogens is 388 g/mol.